The summed E-state index contributed by atoms with van der Waals surface area (Å²) in [5.74, 6) is -0.187. The SMILES string of the molecule is COC(=O)c1ccccc1C(=O)c1cccc(OC)c1. The summed E-state index contributed by atoms with van der Waals surface area (Å²) in [4.78, 5) is 24.2. The van der Waals surface area contributed by atoms with Crippen LogP contribution >= 0.6 is 0 Å². The van der Waals surface area contributed by atoms with Crippen molar-refractivity contribution in [3.8, 4) is 5.75 Å². The van der Waals surface area contributed by atoms with E-state index in [0.717, 1.165) is 0 Å². The van der Waals surface area contributed by atoms with E-state index in [4.69, 9.17) is 9.47 Å². The lowest BCUT2D eigenvalue weighted by atomic mass is 9.98. The normalized spacial score (nSPS) is 9.90. The second-order valence-corrected chi connectivity index (χ2v) is 4.10. The van der Waals surface area contributed by atoms with E-state index in [1.807, 2.05) is 0 Å². The van der Waals surface area contributed by atoms with Gasteiger partial charge in [-0.05, 0) is 18.2 Å². The fourth-order valence-corrected chi connectivity index (χ4v) is 1.89. The summed E-state index contributed by atoms with van der Waals surface area (Å²) in [7, 11) is 2.82. The maximum atomic E-state index is 12.5. The number of carbonyl (C=O) groups excluding carboxylic acids is 2. The number of esters is 1. The van der Waals surface area contributed by atoms with Gasteiger partial charge in [-0.15, -0.1) is 0 Å². The lowest BCUT2D eigenvalue weighted by Crippen LogP contribution is -2.11. The molecule has 2 aromatic carbocycles. The summed E-state index contributed by atoms with van der Waals surface area (Å²) < 4.78 is 9.79. The van der Waals surface area contributed by atoms with Crippen LogP contribution < -0.4 is 4.74 Å². The van der Waals surface area contributed by atoms with Crippen molar-refractivity contribution in [3.05, 3.63) is 65.2 Å². The van der Waals surface area contributed by atoms with E-state index in [-0.39, 0.29) is 11.3 Å². The summed E-state index contributed by atoms with van der Waals surface area (Å²) >= 11 is 0. The third-order valence-electron chi connectivity index (χ3n) is 2.91. The molecular weight excluding hydrogens is 256 g/mol. The second-order valence-electron chi connectivity index (χ2n) is 4.10. The van der Waals surface area contributed by atoms with E-state index in [2.05, 4.69) is 0 Å². The Bertz CT molecular complexity index is 646. The van der Waals surface area contributed by atoms with Gasteiger partial charge >= 0.3 is 5.97 Å². The van der Waals surface area contributed by atoms with Crippen molar-refractivity contribution in [1.82, 2.24) is 0 Å². The first-order chi connectivity index (χ1) is 9.67. The van der Waals surface area contributed by atoms with Gasteiger partial charge in [0, 0.05) is 11.1 Å². The molecule has 0 heterocycles. The van der Waals surface area contributed by atoms with Crippen molar-refractivity contribution in [1.29, 1.82) is 0 Å². The third-order valence-corrected chi connectivity index (χ3v) is 2.91. The van der Waals surface area contributed by atoms with E-state index in [0.29, 0.717) is 16.9 Å². The van der Waals surface area contributed by atoms with Crippen molar-refractivity contribution < 1.29 is 19.1 Å². The number of methoxy groups -OCH3 is 2. The highest BCUT2D eigenvalue weighted by Gasteiger charge is 2.18. The maximum absolute atomic E-state index is 12.5. The topological polar surface area (TPSA) is 52.6 Å². The molecule has 4 nitrogen and oxygen atoms in total. The first kappa shape index (κ1) is 13.8. The Kier molecular flexibility index (Phi) is 4.15. The standard InChI is InChI=1S/C16H14O4/c1-19-12-7-5-6-11(10-12)15(17)13-8-3-4-9-14(13)16(18)20-2/h3-10H,1-2H3. The Balaban J connectivity index is 2.45. The van der Waals surface area contributed by atoms with Crippen LogP contribution in [0.1, 0.15) is 26.3 Å². The van der Waals surface area contributed by atoms with E-state index in [1.54, 1.807) is 48.5 Å². The summed E-state index contributed by atoms with van der Waals surface area (Å²) in [6, 6.07) is 13.4. The summed E-state index contributed by atoms with van der Waals surface area (Å²) in [6.45, 7) is 0. The molecule has 0 amide bonds. The zero-order valence-corrected chi connectivity index (χ0v) is 11.3. The molecule has 0 N–H and O–H groups in total. The number of ketones is 1. The van der Waals surface area contributed by atoms with E-state index in [9.17, 15) is 9.59 Å². The van der Waals surface area contributed by atoms with Gasteiger partial charge in [0.2, 0.25) is 0 Å². The minimum Gasteiger partial charge on any atom is -0.497 e. The van der Waals surface area contributed by atoms with Crippen LogP contribution in [-0.4, -0.2) is 26.0 Å². The fourth-order valence-electron chi connectivity index (χ4n) is 1.89. The lowest BCUT2D eigenvalue weighted by Gasteiger charge is -2.08. The van der Waals surface area contributed by atoms with Crippen molar-refractivity contribution >= 4 is 11.8 Å². The van der Waals surface area contributed by atoms with Crippen LogP contribution in [0.2, 0.25) is 0 Å². The highest BCUT2D eigenvalue weighted by Crippen LogP contribution is 2.19. The molecule has 102 valence electrons. The van der Waals surface area contributed by atoms with Crippen LogP contribution in [0.5, 0.6) is 5.75 Å². The molecule has 0 aliphatic rings. The van der Waals surface area contributed by atoms with Gasteiger partial charge in [-0.3, -0.25) is 4.79 Å². The Labute approximate surface area is 116 Å². The Hall–Kier alpha value is -2.62. The molecule has 0 aromatic heterocycles. The van der Waals surface area contributed by atoms with Gasteiger partial charge in [0.05, 0.1) is 19.8 Å². The van der Waals surface area contributed by atoms with Crippen molar-refractivity contribution in [2.45, 2.75) is 0 Å². The number of ether oxygens (including phenoxy) is 2. The van der Waals surface area contributed by atoms with Gasteiger partial charge in [-0.25, -0.2) is 4.79 Å². The molecule has 0 saturated carbocycles. The monoisotopic (exact) mass is 270 g/mol. The average Bonchev–Trinajstić information content (AvgIpc) is 2.53. The molecule has 0 saturated heterocycles. The molecule has 2 rings (SSSR count). The predicted molar refractivity (Wildman–Crippen MR) is 74.2 cm³/mol. The fraction of sp³-hybridized carbons (Fsp3) is 0.125. The van der Waals surface area contributed by atoms with Crippen LogP contribution in [0.4, 0.5) is 0 Å². The largest absolute Gasteiger partial charge is 0.497 e. The molecule has 2 aromatic rings. The first-order valence-electron chi connectivity index (χ1n) is 6.03. The van der Waals surface area contributed by atoms with Crippen LogP contribution in [-0.2, 0) is 4.74 Å². The number of benzene rings is 2. The van der Waals surface area contributed by atoms with Gasteiger partial charge < -0.3 is 9.47 Å². The highest BCUT2D eigenvalue weighted by molar-refractivity contribution is 6.14. The summed E-state index contributed by atoms with van der Waals surface area (Å²) in [6.07, 6.45) is 0. The van der Waals surface area contributed by atoms with Crippen LogP contribution in [0.15, 0.2) is 48.5 Å². The van der Waals surface area contributed by atoms with E-state index < -0.39 is 5.97 Å². The third kappa shape index (κ3) is 2.69. The number of rotatable bonds is 4. The molecular formula is C16H14O4. The van der Waals surface area contributed by atoms with Crippen molar-refractivity contribution in [3.63, 3.8) is 0 Å². The molecule has 0 bridgehead atoms. The highest BCUT2D eigenvalue weighted by atomic mass is 16.5. The molecule has 0 spiro atoms. The average molecular weight is 270 g/mol. The zero-order chi connectivity index (χ0) is 14.5. The minimum atomic E-state index is -0.531. The van der Waals surface area contributed by atoms with Gasteiger partial charge in [0.1, 0.15) is 5.75 Å². The Morgan fingerprint density at radius 2 is 1.60 bits per heavy atom. The lowest BCUT2D eigenvalue weighted by molar-refractivity contribution is 0.0597. The van der Waals surface area contributed by atoms with Gasteiger partial charge in [-0.2, -0.15) is 0 Å². The van der Waals surface area contributed by atoms with Crippen LogP contribution in [0, 0.1) is 0 Å². The molecule has 0 atom stereocenters. The first-order valence-corrected chi connectivity index (χ1v) is 6.03. The minimum absolute atomic E-state index is 0.245. The van der Waals surface area contributed by atoms with Gasteiger partial charge in [0.15, 0.2) is 5.78 Å². The number of carbonyl (C=O) groups is 2. The molecule has 0 aliphatic carbocycles. The zero-order valence-electron chi connectivity index (χ0n) is 11.3. The smallest absolute Gasteiger partial charge is 0.338 e. The van der Waals surface area contributed by atoms with Crippen LogP contribution in [0.3, 0.4) is 0 Å². The maximum Gasteiger partial charge on any atom is 0.338 e. The second kappa shape index (κ2) is 6.02. The van der Waals surface area contributed by atoms with Gasteiger partial charge in [0.25, 0.3) is 0 Å². The molecule has 0 fully saturated rings. The van der Waals surface area contributed by atoms with Gasteiger partial charge in [-0.1, -0.05) is 30.3 Å². The molecule has 4 heteroatoms. The molecule has 20 heavy (non-hydrogen) atoms. The van der Waals surface area contributed by atoms with Crippen LogP contribution in [0.25, 0.3) is 0 Å². The molecule has 0 radical (unpaired) electrons. The van der Waals surface area contributed by atoms with E-state index >= 15 is 0 Å². The summed E-state index contributed by atoms with van der Waals surface area (Å²) in [5, 5.41) is 0. The molecule has 0 aliphatic heterocycles. The molecule has 0 unspecified atom stereocenters. The number of hydrogen-bond acceptors (Lipinski definition) is 4. The predicted octanol–water partition coefficient (Wildman–Crippen LogP) is 2.71. The quantitative estimate of drug-likeness (QED) is 0.633. The van der Waals surface area contributed by atoms with Crippen molar-refractivity contribution in [2.24, 2.45) is 0 Å². The Morgan fingerprint density at radius 1 is 0.900 bits per heavy atom. The Morgan fingerprint density at radius 3 is 2.25 bits per heavy atom. The summed E-state index contributed by atoms with van der Waals surface area (Å²) in [5.41, 5.74) is 1.02. The van der Waals surface area contributed by atoms with E-state index in [1.165, 1.54) is 14.2 Å². The number of hydrogen-bond donors (Lipinski definition) is 0. The van der Waals surface area contributed by atoms with Crippen molar-refractivity contribution in [2.75, 3.05) is 14.2 Å².